The number of anilines is 2. The lowest BCUT2D eigenvalue weighted by Gasteiger charge is -2.42. The molecule has 0 unspecified atom stereocenters. The molecule has 1 aromatic heterocycles. The van der Waals surface area contributed by atoms with Gasteiger partial charge in [0.25, 0.3) is 5.56 Å². The largest absolute Gasteiger partial charge is 0.298 e. The molecule has 2 aromatic rings. The third-order valence-electron chi connectivity index (χ3n) is 6.71. The van der Waals surface area contributed by atoms with Crippen molar-refractivity contribution in [2.75, 3.05) is 11.6 Å². The van der Waals surface area contributed by atoms with Gasteiger partial charge in [-0.15, -0.1) is 0 Å². The summed E-state index contributed by atoms with van der Waals surface area (Å²) in [6.07, 6.45) is 7.70. The summed E-state index contributed by atoms with van der Waals surface area (Å²) in [5, 5.41) is 0. The van der Waals surface area contributed by atoms with E-state index in [-0.39, 0.29) is 5.56 Å². The Balaban J connectivity index is 1.82. The fourth-order valence-electron chi connectivity index (χ4n) is 4.61. The minimum atomic E-state index is 0.0936. The van der Waals surface area contributed by atoms with Gasteiger partial charge in [-0.05, 0) is 57.7 Å². The fourth-order valence-corrected chi connectivity index (χ4v) is 4.61. The number of aryl methyl sites for hydroxylation is 2. The van der Waals surface area contributed by atoms with Crippen LogP contribution < -0.4 is 10.5 Å². The number of nitrogens with zero attached hydrogens (tertiary/aromatic N) is 4. The summed E-state index contributed by atoms with van der Waals surface area (Å²) >= 11 is 0. The Bertz CT molecular complexity index is 925. The maximum Gasteiger partial charge on any atom is 0.259 e. The van der Waals surface area contributed by atoms with Gasteiger partial charge in [-0.1, -0.05) is 37.8 Å². The van der Waals surface area contributed by atoms with Crippen LogP contribution in [-0.2, 0) is 6.67 Å². The van der Waals surface area contributed by atoms with E-state index >= 15 is 0 Å². The van der Waals surface area contributed by atoms with Gasteiger partial charge in [-0.2, -0.15) is 0 Å². The highest BCUT2D eigenvalue weighted by Crippen LogP contribution is 2.33. The molecule has 0 amide bonds. The summed E-state index contributed by atoms with van der Waals surface area (Å²) in [6, 6.07) is 6.94. The lowest BCUT2D eigenvalue weighted by atomic mass is 10.1. The molecule has 4 rings (SSSR count). The quantitative estimate of drug-likeness (QED) is 0.716. The highest BCUT2D eigenvalue weighted by molar-refractivity contribution is 5.64. The molecule has 1 aromatic carbocycles. The second-order valence-electron chi connectivity index (χ2n) is 8.52. The Morgan fingerprint density at radius 1 is 0.929 bits per heavy atom. The minimum absolute atomic E-state index is 0.0936. The molecule has 0 bridgehead atoms. The molecule has 5 nitrogen and oxygen atoms in total. The van der Waals surface area contributed by atoms with Gasteiger partial charge in [-0.3, -0.25) is 19.2 Å². The molecule has 1 aliphatic heterocycles. The molecule has 0 atom stereocenters. The van der Waals surface area contributed by atoms with Crippen LogP contribution in [0.25, 0.3) is 0 Å². The van der Waals surface area contributed by atoms with E-state index in [4.69, 9.17) is 4.98 Å². The molecule has 0 spiro atoms. The van der Waals surface area contributed by atoms with Crippen molar-refractivity contribution in [2.24, 2.45) is 0 Å². The van der Waals surface area contributed by atoms with Crippen molar-refractivity contribution in [3.63, 3.8) is 0 Å². The topological polar surface area (TPSA) is 41.4 Å². The summed E-state index contributed by atoms with van der Waals surface area (Å²) in [5.41, 5.74) is 5.35. The number of hydrogen-bond acceptors (Lipinski definition) is 4. The number of rotatable bonds is 2. The molecule has 0 N–H and O–H groups in total. The summed E-state index contributed by atoms with van der Waals surface area (Å²) in [6.45, 7) is 9.59. The van der Waals surface area contributed by atoms with Crippen molar-refractivity contribution in [3.05, 3.63) is 50.9 Å². The lowest BCUT2D eigenvalue weighted by Crippen LogP contribution is -2.51. The molecule has 2 aliphatic rings. The van der Waals surface area contributed by atoms with Crippen LogP contribution in [-0.4, -0.2) is 27.2 Å². The molecule has 1 saturated carbocycles. The second-order valence-corrected chi connectivity index (χ2v) is 8.52. The fraction of sp³-hybridized carbons (Fsp3) is 0.565. The van der Waals surface area contributed by atoms with Crippen LogP contribution in [0.3, 0.4) is 0 Å². The van der Waals surface area contributed by atoms with Crippen molar-refractivity contribution in [3.8, 4) is 0 Å². The Morgan fingerprint density at radius 2 is 1.64 bits per heavy atom. The van der Waals surface area contributed by atoms with Crippen LogP contribution in [0.4, 0.5) is 11.6 Å². The van der Waals surface area contributed by atoms with Gasteiger partial charge in [0.1, 0.15) is 0 Å². The zero-order valence-corrected chi connectivity index (χ0v) is 17.7. The van der Waals surface area contributed by atoms with Crippen molar-refractivity contribution in [1.82, 2.24) is 14.5 Å². The van der Waals surface area contributed by atoms with Crippen LogP contribution in [0.5, 0.6) is 0 Å². The Hall–Kier alpha value is -2.14. The van der Waals surface area contributed by atoms with Gasteiger partial charge < -0.3 is 0 Å². The van der Waals surface area contributed by atoms with Gasteiger partial charge in [0, 0.05) is 23.0 Å². The van der Waals surface area contributed by atoms with E-state index in [1.807, 2.05) is 18.4 Å². The monoisotopic (exact) mass is 380 g/mol. The molecular formula is C23H32N4O. The molecule has 0 radical (unpaired) electrons. The van der Waals surface area contributed by atoms with E-state index in [1.54, 1.807) is 0 Å². The maximum atomic E-state index is 13.1. The van der Waals surface area contributed by atoms with Gasteiger partial charge >= 0.3 is 0 Å². The highest BCUT2D eigenvalue weighted by atomic mass is 16.1. The van der Waals surface area contributed by atoms with Crippen molar-refractivity contribution in [2.45, 2.75) is 78.9 Å². The van der Waals surface area contributed by atoms with E-state index in [9.17, 15) is 4.79 Å². The van der Waals surface area contributed by atoms with Crippen LogP contribution in [0.15, 0.2) is 23.0 Å². The van der Waals surface area contributed by atoms with Crippen LogP contribution in [0, 0.1) is 27.7 Å². The molecule has 28 heavy (non-hydrogen) atoms. The first-order chi connectivity index (χ1) is 13.5. The second kappa shape index (κ2) is 7.70. The first kappa shape index (κ1) is 19.2. The van der Waals surface area contributed by atoms with Gasteiger partial charge in [0.2, 0.25) is 5.95 Å². The average molecular weight is 381 g/mol. The Kier molecular flexibility index (Phi) is 5.28. The SMILES string of the molecule is Cc1cccc(N2CN(C3CCCCCC3)Cn3c2nc(C)c(C)c3=O)c1C. The number of hydrogen-bond donors (Lipinski definition) is 0. The van der Waals surface area contributed by atoms with Crippen LogP contribution in [0.1, 0.15) is 60.9 Å². The molecule has 1 aliphatic carbocycles. The van der Waals surface area contributed by atoms with Crippen molar-refractivity contribution < 1.29 is 0 Å². The third kappa shape index (κ3) is 3.37. The van der Waals surface area contributed by atoms with E-state index in [0.29, 0.717) is 12.7 Å². The molecule has 2 heterocycles. The zero-order chi connectivity index (χ0) is 19.8. The third-order valence-corrected chi connectivity index (χ3v) is 6.71. The molecule has 5 heteroatoms. The van der Waals surface area contributed by atoms with Crippen LogP contribution in [0.2, 0.25) is 0 Å². The molecule has 150 valence electrons. The molecule has 0 saturated heterocycles. The summed E-state index contributed by atoms with van der Waals surface area (Å²) in [7, 11) is 0. The summed E-state index contributed by atoms with van der Waals surface area (Å²) < 4.78 is 1.89. The molecular weight excluding hydrogens is 348 g/mol. The van der Waals surface area contributed by atoms with E-state index < -0.39 is 0 Å². The molecule has 1 fully saturated rings. The minimum Gasteiger partial charge on any atom is -0.298 e. The standard InChI is InChI=1S/C23H32N4O/c1-16-10-9-13-21(17(16)2)26-14-25(20-11-7-5-6-8-12-20)15-27-22(28)18(3)19(4)24-23(26)27/h9-10,13,20H,5-8,11-12,14-15H2,1-4H3. The predicted molar refractivity (Wildman–Crippen MR) is 114 cm³/mol. The number of fused-ring (bicyclic) bond motifs is 1. The Labute approximate surface area is 168 Å². The summed E-state index contributed by atoms with van der Waals surface area (Å²) in [5.74, 6) is 0.784. The van der Waals surface area contributed by atoms with Crippen molar-refractivity contribution in [1.29, 1.82) is 0 Å². The van der Waals surface area contributed by atoms with E-state index in [1.165, 1.54) is 49.7 Å². The first-order valence-corrected chi connectivity index (χ1v) is 10.6. The predicted octanol–water partition coefficient (Wildman–Crippen LogP) is 4.57. The van der Waals surface area contributed by atoms with Gasteiger partial charge in [0.05, 0.1) is 13.3 Å². The Morgan fingerprint density at radius 3 is 2.36 bits per heavy atom. The first-order valence-electron chi connectivity index (χ1n) is 10.6. The van der Waals surface area contributed by atoms with Crippen molar-refractivity contribution >= 4 is 11.6 Å². The van der Waals surface area contributed by atoms with Gasteiger partial charge in [0.15, 0.2) is 0 Å². The van der Waals surface area contributed by atoms with E-state index in [2.05, 4.69) is 41.8 Å². The average Bonchev–Trinajstić information content (AvgIpc) is 2.98. The smallest absolute Gasteiger partial charge is 0.259 e. The summed E-state index contributed by atoms with van der Waals surface area (Å²) in [4.78, 5) is 22.7. The normalized spacial score (nSPS) is 18.8. The lowest BCUT2D eigenvalue weighted by molar-refractivity contribution is 0.123. The number of benzene rings is 1. The maximum absolute atomic E-state index is 13.1. The van der Waals surface area contributed by atoms with Crippen LogP contribution >= 0.6 is 0 Å². The highest BCUT2D eigenvalue weighted by Gasteiger charge is 2.31. The number of aromatic nitrogens is 2. The zero-order valence-electron chi connectivity index (χ0n) is 17.7. The van der Waals surface area contributed by atoms with E-state index in [0.717, 1.165) is 29.6 Å². The van der Waals surface area contributed by atoms with Gasteiger partial charge in [-0.25, -0.2) is 4.98 Å².